The van der Waals surface area contributed by atoms with Crippen LogP contribution in [-0.2, 0) is 14.8 Å². The summed E-state index contributed by atoms with van der Waals surface area (Å²) in [7, 11) is -3.89. The zero-order chi connectivity index (χ0) is 24.2. The third-order valence-electron chi connectivity index (χ3n) is 6.66. The number of rotatable bonds is 7. The highest BCUT2D eigenvalue weighted by atomic mass is 35.5. The summed E-state index contributed by atoms with van der Waals surface area (Å²) < 4.78 is 34.7. The fourth-order valence-electron chi connectivity index (χ4n) is 4.82. The second kappa shape index (κ2) is 10.9. The number of hydrogen-bond donors (Lipinski definition) is 0. The summed E-state index contributed by atoms with van der Waals surface area (Å²) >= 11 is 12.3. The first-order valence-electron chi connectivity index (χ1n) is 11.7. The Kier molecular flexibility index (Phi) is 8.08. The molecule has 2 fully saturated rings. The molecule has 0 unspecified atom stereocenters. The van der Waals surface area contributed by atoms with Gasteiger partial charge in [-0.25, -0.2) is 8.42 Å². The van der Waals surface area contributed by atoms with E-state index in [9.17, 15) is 13.2 Å². The summed E-state index contributed by atoms with van der Waals surface area (Å²) in [5.74, 6) is 0.765. The van der Waals surface area contributed by atoms with Gasteiger partial charge >= 0.3 is 0 Å². The number of hydrogen-bond acceptors (Lipinski definition) is 4. The van der Waals surface area contributed by atoms with E-state index >= 15 is 0 Å². The second-order valence-corrected chi connectivity index (χ2v) is 12.0. The number of likely N-dealkylation sites (tertiary alicyclic amines) is 1. The Bertz CT molecular complexity index is 1110. The van der Waals surface area contributed by atoms with Crippen LogP contribution in [0.5, 0.6) is 5.75 Å². The van der Waals surface area contributed by atoms with E-state index in [4.69, 9.17) is 27.9 Å². The van der Waals surface area contributed by atoms with Gasteiger partial charge in [0.25, 0.3) is 0 Å². The zero-order valence-corrected chi connectivity index (χ0v) is 21.4. The lowest BCUT2D eigenvalue weighted by molar-refractivity contribution is -0.136. The number of ether oxygens (including phenoxy) is 1. The smallest absolute Gasteiger partial charge is 0.244 e. The van der Waals surface area contributed by atoms with Crippen molar-refractivity contribution in [1.82, 2.24) is 9.21 Å². The van der Waals surface area contributed by atoms with E-state index in [0.29, 0.717) is 30.2 Å². The first kappa shape index (κ1) is 25.3. The van der Waals surface area contributed by atoms with E-state index < -0.39 is 15.4 Å². The topological polar surface area (TPSA) is 66.9 Å². The lowest BCUT2D eigenvalue weighted by atomic mass is 9.78. The molecule has 2 aromatic rings. The molecule has 1 amide bonds. The fraction of sp³-hybridized carbons (Fsp3) is 0.480. The minimum atomic E-state index is -3.89. The molecule has 2 aromatic carbocycles. The largest absolute Gasteiger partial charge is 0.493 e. The summed E-state index contributed by atoms with van der Waals surface area (Å²) in [6, 6.07) is 13.9. The molecule has 0 aromatic heterocycles. The van der Waals surface area contributed by atoms with Gasteiger partial charge in [0.05, 0.1) is 11.6 Å². The third-order valence-corrected chi connectivity index (χ3v) is 9.22. The highest BCUT2D eigenvalue weighted by Crippen LogP contribution is 2.39. The van der Waals surface area contributed by atoms with Crippen molar-refractivity contribution >= 4 is 39.1 Å². The number of halogens is 2. The van der Waals surface area contributed by atoms with E-state index in [1.165, 1.54) is 16.4 Å². The van der Waals surface area contributed by atoms with Crippen molar-refractivity contribution in [3.8, 4) is 5.75 Å². The number of sulfonamides is 1. The van der Waals surface area contributed by atoms with Crippen molar-refractivity contribution in [3.05, 3.63) is 58.6 Å². The standard InChI is InChI=1S/C25H30Cl2N2O4S/c26-20-10-11-22(27)23(16-20)34(31,32)29-15-7-12-25(18-29,19-33-21-8-3-1-4-9-21)17-24(30)28-13-5-2-6-14-28/h1,3-4,8-11,16H,2,5-7,12-15,17-19H2/t25-/m1/s1. The number of para-hydroxylation sites is 1. The lowest BCUT2D eigenvalue weighted by Gasteiger charge is -2.42. The van der Waals surface area contributed by atoms with Gasteiger partial charge < -0.3 is 9.64 Å². The first-order chi connectivity index (χ1) is 16.3. The van der Waals surface area contributed by atoms with E-state index in [-0.39, 0.29) is 35.4 Å². The number of piperidine rings is 2. The molecule has 2 saturated heterocycles. The normalized spacial score (nSPS) is 21.9. The average Bonchev–Trinajstić information content (AvgIpc) is 2.85. The molecule has 4 rings (SSSR count). The lowest BCUT2D eigenvalue weighted by Crippen LogP contribution is -2.51. The van der Waals surface area contributed by atoms with Gasteiger partial charge in [-0.15, -0.1) is 0 Å². The SMILES string of the molecule is O=C(C[C@]1(COc2ccccc2)CCCN(S(=O)(=O)c2cc(Cl)ccc2Cl)C1)N1CCCCC1. The van der Waals surface area contributed by atoms with E-state index in [2.05, 4.69) is 0 Å². The van der Waals surface area contributed by atoms with Crippen molar-refractivity contribution in [2.45, 2.75) is 43.4 Å². The molecule has 0 aliphatic carbocycles. The Morgan fingerprint density at radius 3 is 2.44 bits per heavy atom. The van der Waals surface area contributed by atoms with Crippen molar-refractivity contribution in [1.29, 1.82) is 0 Å². The minimum Gasteiger partial charge on any atom is -0.493 e. The van der Waals surface area contributed by atoms with Gasteiger partial charge in [0, 0.05) is 43.0 Å². The van der Waals surface area contributed by atoms with Gasteiger partial charge in [-0.05, 0) is 62.4 Å². The Hall–Kier alpha value is -1.80. The molecule has 2 aliphatic heterocycles. The maximum absolute atomic E-state index is 13.6. The minimum absolute atomic E-state index is 0.0104. The van der Waals surface area contributed by atoms with Crippen LogP contribution in [0, 0.1) is 5.41 Å². The van der Waals surface area contributed by atoms with E-state index in [0.717, 1.165) is 32.4 Å². The molecule has 0 radical (unpaired) electrons. The number of carbonyl (C=O) groups excluding carboxylic acids is 1. The summed E-state index contributed by atoms with van der Waals surface area (Å²) in [6.07, 6.45) is 4.73. The van der Waals surface area contributed by atoms with Crippen LogP contribution in [-0.4, -0.2) is 56.3 Å². The van der Waals surface area contributed by atoms with Crippen LogP contribution in [0.3, 0.4) is 0 Å². The number of amides is 1. The molecule has 0 bridgehead atoms. The summed E-state index contributed by atoms with van der Waals surface area (Å²) in [5, 5.41) is 0.435. The first-order valence-corrected chi connectivity index (χ1v) is 13.9. The molecule has 0 N–H and O–H groups in total. The molecule has 2 aliphatic rings. The van der Waals surface area contributed by atoms with Gasteiger partial charge in [0.1, 0.15) is 10.6 Å². The average molecular weight is 525 g/mol. The molecule has 9 heteroatoms. The maximum atomic E-state index is 13.6. The van der Waals surface area contributed by atoms with E-state index in [1.54, 1.807) is 6.07 Å². The van der Waals surface area contributed by atoms with Crippen molar-refractivity contribution in [2.24, 2.45) is 5.41 Å². The Morgan fingerprint density at radius 1 is 0.971 bits per heavy atom. The van der Waals surface area contributed by atoms with Gasteiger partial charge in [-0.2, -0.15) is 4.31 Å². The Balaban J connectivity index is 1.60. The van der Waals surface area contributed by atoms with Crippen LogP contribution in [0.4, 0.5) is 0 Å². The van der Waals surface area contributed by atoms with Crippen LogP contribution in [0.25, 0.3) is 0 Å². The predicted molar refractivity (Wildman–Crippen MR) is 134 cm³/mol. The number of benzene rings is 2. The predicted octanol–water partition coefficient (Wildman–Crippen LogP) is 5.25. The summed E-state index contributed by atoms with van der Waals surface area (Å²) in [4.78, 5) is 15.2. The summed E-state index contributed by atoms with van der Waals surface area (Å²) in [5.41, 5.74) is -0.638. The van der Waals surface area contributed by atoms with Crippen molar-refractivity contribution < 1.29 is 17.9 Å². The van der Waals surface area contributed by atoms with Gasteiger partial charge in [0.2, 0.25) is 15.9 Å². The van der Waals surface area contributed by atoms with Gasteiger partial charge in [-0.1, -0.05) is 41.4 Å². The number of nitrogens with zero attached hydrogens (tertiary/aromatic N) is 2. The van der Waals surface area contributed by atoms with Gasteiger partial charge in [0.15, 0.2) is 0 Å². The third kappa shape index (κ3) is 5.88. The monoisotopic (exact) mass is 524 g/mol. The van der Waals surface area contributed by atoms with Crippen LogP contribution in [0.1, 0.15) is 38.5 Å². The van der Waals surface area contributed by atoms with Crippen LogP contribution < -0.4 is 4.74 Å². The highest BCUT2D eigenvalue weighted by Gasteiger charge is 2.43. The molecule has 0 saturated carbocycles. The molecule has 184 valence electrons. The molecular weight excluding hydrogens is 495 g/mol. The van der Waals surface area contributed by atoms with E-state index in [1.807, 2.05) is 35.2 Å². The Morgan fingerprint density at radius 2 is 1.71 bits per heavy atom. The van der Waals surface area contributed by atoms with Gasteiger partial charge in [-0.3, -0.25) is 4.79 Å². The Labute approximate surface area is 211 Å². The molecule has 6 nitrogen and oxygen atoms in total. The quantitative estimate of drug-likeness (QED) is 0.496. The van der Waals surface area contributed by atoms with Crippen molar-refractivity contribution in [2.75, 3.05) is 32.8 Å². The highest BCUT2D eigenvalue weighted by molar-refractivity contribution is 7.89. The molecule has 0 spiro atoms. The fourth-order valence-corrected chi connectivity index (χ4v) is 7.15. The number of carbonyl (C=O) groups is 1. The van der Waals surface area contributed by atoms with Crippen LogP contribution >= 0.6 is 23.2 Å². The maximum Gasteiger partial charge on any atom is 0.244 e. The summed E-state index contributed by atoms with van der Waals surface area (Å²) in [6.45, 7) is 2.32. The second-order valence-electron chi connectivity index (χ2n) is 9.24. The van der Waals surface area contributed by atoms with Crippen LogP contribution in [0.15, 0.2) is 53.4 Å². The van der Waals surface area contributed by atoms with Crippen LogP contribution in [0.2, 0.25) is 10.0 Å². The molecular formula is C25H30Cl2N2O4S. The zero-order valence-electron chi connectivity index (χ0n) is 19.1. The van der Waals surface area contributed by atoms with Crippen molar-refractivity contribution in [3.63, 3.8) is 0 Å². The molecule has 2 heterocycles. The molecule has 1 atom stereocenters. The molecule has 34 heavy (non-hydrogen) atoms.